The van der Waals surface area contributed by atoms with Gasteiger partial charge in [0, 0.05) is 12.1 Å². The molecule has 5 nitrogen and oxygen atoms in total. The lowest BCUT2D eigenvalue weighted by atomic mass is 10.3. The molecule has 2 aromatic rings. The molecule has 0 atom stereocenters. The van der Waals surface area contributed by atoms with Gasteiger partial charge in [0.05, 0.1) is 26.6 Å². The van der Waals surface area contributed by atoms with Gasteiger partial charge in [-0.2, -0.15) is 0 Å². The lowest BCUT2D eigenvalue weighted by molar-refractivity contribution is 0.170. The summed E-state index contributed by atoms with van der Waals surface area (Å²) in [5, 5.41) is 3.88. The number of nitrogens with zero attached hydrogens (tertiary/aromatic N) is 2. The van der Waals surface area contributed by atoms with Gasteiger partial charge in [0.1, 0.15) is 5.75 Å². The summed E-state index contributed by atoms with van der Waals surface area (Å²) in [6, 6.07) is 8.04. The first-order valence-electron chi connectivity index (χ1n) is 4.64. The molecule has 0 spiro atoms. The molecular weight excluding hydrogens is 208 g/mol. The Labute approximate surface area is 93.1 Å². The van der Waals surface area contributed by atoms with Crippen LogP contribution in [0, 0.1) is 6.07 Å². The first kappa shape index (κ1) is 10.4. The Bertz CT molecular complexity index is 454. The molecular formula is C11H11N2O3. The van der Waals surface area contributed by atoms with Gasteiger partial charge in [-0.3, -0.25) is 0 Å². The van der Waals surface area contributed by atoms with E-state index in [4.69, 9.17) is 14.3 Å². The molecule has 5 heteroatoms. The average molecular weight is 219 g/mol. The van der Waals surface area contributed by atoms with E-state index in [1.807, 2.05) is 0 Å². The molecule has 1 heterocycles. The highest BCUT2D eigenvalue weighted by molar-refractivity contribution is 5.45. The summed E-state index contributed by atoms with van der Waals surface area (Å²) in [5.74, 6) is 1.84. The van der Waals surface area contributed by atoms with Crippen molar-refractivity contribution >= 4 is 0 Å². The summed E-state index contributed by atoms with van der Waals surface area (Å²) < 4.78 is 10.3. The molecule has 0 amide bonds. The van der Waals surface area contributed by atoms with Crippen LogP contribution in [-0.4, -0.2) is 24.2 Å². The van der Waals surface area contributed by atoms with Gasteiger partial charge < -0.3 is 14.3 Å². The lowest BCUT2D eigenvalue weighted by Crippen LogP contribution is -2.06. The number of aromatic nitrogens is 2. The van der Waals surface area contributed by atoms with Crippen molar-refractivity contribution in [3.05, 3.63) is 36.7 Å². The normalized spacial score (nSPS) is 9.88. The second kappa shape index (κ2) is 4.57. The van der Waals surface area contributed by atoms with Gasteiger partial charge >= 0.3 is 0 Å². The molecule has 0 aliphatic heterocycles. The Morgan fingerprint density at radius 1 is 1.19 bits per heavy atom. The van der Waals surface area contributed by atoms with Crippen LogP contribution in [-0.2, 0) is 0 Å². The maximum Gasteiger partial charge on any atom is 0.199 e. The summed E-state index contributed by atoms with van der Waals surface area (Å²) in [6.45, 7) is 0. The molecule has 0 saturated heterocycles. The summed E-state index contributed by atoms with van der Waals surface area (Å²) in [4.78, 5) is 6.73. The van der Waals surface area contributed by atoms with Gasteiger partial charge in [-0.25, -0.2) is 0 Å². The smallest absolute Gasteiger partial charge is 0.199 e. The molecule has 2 rings (SSSR count). The van der Waals surface area contributed by atoms with Crippen LogP contribution in [0.3, 0.4) is 0 Å². The van der Waals surface area contributed by atoms with Crippen LogP contribution in [0.1, 0.15) is 0 Å². The van der Waals surface area contributed by atoms with Crippen LogP contribution in [0.5, 0.6) is 17.2 Å². The van der Waals surface area contributed by atoms with Gasteiger partial charge in [-0.1, -0.05) is 4.85 Å². The molecule has 0 aliphatic rings. The molecule has 0 unspecified atom stereocenters. The maximum atomic E-state index is 5.43. The van der Waals surface area contributed by atoms with E-state index >= 15 is 0 Å². The van der Waals surface area contributed by atoms with Gasteiger partial charge in [-0.15, -0.1) is 5.10 Å². The zero-order valence-corrected chi connectivity index (χ0v) is 9.01. The molecule has 0 fully saturated rings. The third kappa shape index (κ3) is 2.08. The van der Waals surface area contributed by atoms with Crippen molar-refractivity contribution in [2.24, 2.45) is 0 Å². The Hall–Kier alpha value is -2.17. The quantitative estimate of drug-likeness (QED) is 0.782. The zero-order chi connectivity index (χ0) is 11.4. The van der Waals surface area contributed by atoms with E-state index in [0.717, 1.165) is 0 Å². The number of ether oxygens (including phenoxy) is 2. The summed E-state index contributed by atoms with van der Waals surface area (Å²) in [6.07, 6.45) is 3.08. The Kier molecular flexibility index (Phi) is 2.95. The van der Waals surface area contributed by atoms with E-state index in [2.05, 4.69) is 11.2 Å². The van der Waals surface area contributed by atoms with E-state index < -0.39 is 0 Å². The molecule has 83 valence electrons. The van der Waals surface area contributed by atoms with E-state index in [0.29, 0.717) is 17.2 Å². The van der Waals surface area contributed by atoms with Crippen molar-refractivity contribution in [1.29, 1.82) is 0 Å². The minimum absolute atomic E-state index is 0.556. The Balaban J connectivity index is 2.26. The SMILES string of the molecule is COc1ccc(On2c[c]cn2)c(OC)c1. The topological polar surface area (TPSA) is 45.5 Å². The predicted molar refractivity (Wildman–Crippen MR) is 56.6 cm³/mol. The largest absolute Gasteiger partial charge is 0.497 e. The number of rotatable bonds is 4. The van der Waals surface area contributed by atoms with Crippen LogP contribution in [0.25, 0.3) is 0 Å². The van der Waals surface area contributed by atoms with Crippen molar-refractivity contribution in [1.82, 2.24) is 9.94 Å². The van der Waals surface area contributed by atoms with Crippen molar-refractivity contribution in [3.63, 3.8) is 0 Å². The number of hydrogen-bond donors (Lipinski definition) is 0. The second-order valence-electron chi connectivity index (χ2n) is 2.95. The highest BCUT2D eigenvalue weighted by atomic mass is 16.7. The minimum Gasteiger partial charge on any atom is -0.497 e. The molecule has 0 saturated carbocycles. The van der Waals surface area contributed by atoms with Crippen LogP contribution in [0.2, 0.25) is 0 Å². The Morgan fingerprint density at radius 3 is 2.69 bits per heavy atom. The minimum atomic E-state index is 0.556. The van der Waals surface area contributed by atoms with Crippen LogP contribution in [0.15, 0.2) is 30.6 Å². The van der Waals surface area contributed by atoms with Gasteiger partial charge in [0.2, 0.25) is 0 Å². The van der Waals surface area contributed by atoms with E-state index in [9.17, 15) is 0 Å². The van der Waals surface area contributed by atoms with E-state index in [-0.39, 0.29) is 0 Å². The third-order valence-corrected chi connectivity index (χ3v) is 1.99. The molecule has 16 heavy (non-hydrogen) atoms. The van der Waals surface area contributed by atoms with Crippen LogP contribution < -0.4 is 14.3 Å². The number of hydrogen-bond acceptors (Lipinski definition) is 4. The molecule has 0 aliphatic carbocycles. The zero-order valence-electron chi connectivity index (χ0n) is 9.01. The molecule has 1 radical (unpaired) electrons. The van der Waals surface area contributed by atoms with Crippen LogP contribution >= 0.6 is 0 Å². The maximum absolute atomic E-state index is 5.43. The predicted octanol–water partition coefficient (Wildman–Crippen LogP) is 1.54. The van der Waals surface area contributed by atoms with Crippen molar-refractivity contribution in [3.8, 4) is 17.2 Å². The highest BCUT2D eigenvalue weighted by Crippen LogP contribution is 2.31. The fraction of sp³-hybridized carbons (Fsp3) is 0.182. The molecule has 1 aromatic heterocycles. The summed E-state index contributed by atoms with van der Waals surface area (Å²) >= 11 is 0. The standard InChI is InChI=1S/C11H11N2O3/c1-14-9-4-5-10(11(8-9)15-2)16-13-7-3-6-12-13/h4-8H,1-2H3. The average Bonchev–Trinajstić information content (AvgIpc) is 2.82. The molecule has 1 aromatic carbocycles. The van der Waals surface area contributed by atoms with Gasteiger partial charge in [0.15, 0.2) is 11.5 Å². The monoisotopic (exact) mass is 219 g/mol. The Morgan fingerprint density at radius 2 is 2.06 bits per heavy atom. The van der Waals surface area contributed by atoms with Crippen molar-refractivity contribution < 1.29 is 14.3 Å². The van der Waals surface area contributed by atoms with E-state index in [1.54, 1.807) is 38.6 Å². The fourth-order valence-electron chi connectivity index (χ4n) is 1.22. The van der Waals surface area contributed by atoms with Crippen LogP contribution in [0.4, 0.5) is 0 Å². The second-order valence-corrected chi connectivity index (χ2v) is 2.95. The first-order valence-corrected chi connectivity index (χ1v) is 4.64. The summed E-state index contributed by atoms with van der Waals surface area (Å²) in [5.41, 5.74) is 0. The first-order chi connectivity index (χ1) is 7.83. The van der Waals surface area contributed by atoms with Crippen molar-refractivity contribution in [2.45, 2.75) is 0 Å². The van der Waals surface area contributed by atoms with E-state index in [1.165, 1.54) is 11.0 Å². The van der Waals surface area contributed by atoms with Gasteiger partial charge in [-0.05, 0) is 12.1 Å². The third-order valence-electron chi connectivity index (χ3n) is 1.99. The fourth-order valence-corrected chi connectivity index (χ4v) is 1.22. The van der Waals surface area contributed by atoms with Crippen molar-refractivity contribution in [2.75, 3.05) is 14.2 Å². The molecule has 0 N–H and O–H groups in total. The lowest BCUT2D eigenvalue weighted by Gasteiger charge is -2.10. The number of benzene rings is 1. The number of methoxy groups -OCH3 is 2. The molecule has 0 bridgehead atoms. The van der Waals surface area contributed by atoms with Gasteiger partial charge in [0.25, 0.3) is 0 Å². The summed E-state index contributed by atoms with van der Waals surface area (Å²) in [7, 11) is 3.16. The highest BCUT2D eigenvalue weighted by Gasteiger charge is 2.07.